The van der Waals surface area contributed by atoms with Gasteiger partial charge < -0.3 is 10.5 Å². The Kier molecular flexibility index (Phi) is 4.28. The molecule has 0 atom stereocenters. The maximum Gasteiger partial charge on any atom is 0.240 e. The van der Waals surface area contributed by atoms with E-state index in [1.807, 2.05) is 0 Å². The summed E-state index contributed by atoms with van der Waals surface area (Å²) in [5, 5.41) is 0. The number of rotatable bonds is 5. The highest BCUT2D eigenvalue weighted by Gasteiger charge is 2.16. The molecule has 16 heavy (non-hydrogen) atoms. The average molecular weight is 244 g/mol. The molecule has 3 N–H and O–H groups in total. The first-order valence-corrected chi connectivity index (χ1v) is 6.31. The van der Waals surface area contributed by atoms with Crippen LogP contribution in [0.5, 0.6) is 0 Å². The Bertz CT molecular complexity index is 457. The van der Waals surface area contributed by atoms with Crippen molar-refractivity contribution >= 4 is 15.7 Å². The van der Waals surface area contributed by atoms with Gasteiger partial charge in [-0.25, -0.2) is 13.1 Å². The lowest BCUT2D eigenvalue weighted by molar-refractivity contribution is 0.204. The Morgan fingerprint density at radius 2 is 2.12 bits per heavy atom. The molecule has 0 spiro atoms. The molecular formula is C10H16N2O3S. The number of nitrogens with one attached hydrogen (secondary N) is 1. The fourth-order valence-electron chi connectivity index (χ4n) is 1.28. The number of hydrogen-bond acceptors (Lipinski definition) is 4. The molecule has 90 valence electrons. The molecule has 0 fully saturated rings. The summed E-state index contributed by atoms with van der Waals surface area (Å²) in [6, 6.07) is 4.82. The van der Waals surface area contributed by atoms with Crippen LogP contribution in [-0.2, 0) is 14.8 Å². The standard InChI is InChI=1S/C10H16N2O3S/c1-8-9(11)4-3-5-10(8)16(13,14)12-6-7-15-2/h3-5,12H,6-7,11H2,1-2H3. The van der Waals surface area contributed by atoms with Gasteiger partial charge in [0.1, 0.15) is 0 Å². The summed E-state index contributed by atoms with van der Waals surface area (Å²) >= 11 is 0. The van der Waals surface area contributed by atoms with Crippen LogP contribution in [0.4, 0.5) is 5.69 Å². The minimum absolute atomic E-state index is 0.212. The van der Waals surface area contributed by atoms with Crippen molar-refractivity contribution in [1.82, 2.24) is 4.72 Å². The third kappa shape index (κ3) is 2.94. The van der Waals surface area contributed by atoms with E-state index < -0.39 is 10.0 Å². The largest absolute Gasteiger partial charge is 0.398 e. The molecule has 0 heterocycles. The number of ether oxygens (including phenoxy) is 1. The van der Waals surface area contributed by atoms with Gasteiger partial charge in [0.25, 0.3) is 0 Å². The molecule has 0 radical (unpaired) electrons. The lowest BCUT2D eigenvalue weighted by atomic mass is 10.2. The van der Waals surface area contributed by atoms with Crippen molar-refractivity contribution in [3.8, 4) is 0 Å². The van der Waals surface area contributed by atoms with Crippen LogP contribution in [-0.4, -0.2) is 28.7 Å². The zero-order valence-electron chi connectivity index (χ0n) is 9.36. The first kappa shape index (κ1) is 13.0. The second-order valence-corrected chi connectivity index (χ2v) is 5.10. The quantitative estimate of drug-likeness (QED) is 0.584. The molecule has 0 amide bonds. The van der Waals surface area contributed by atoms with Crippen molar-refractivity contribution in [2.75, 3.05) is 26.0 Å². The fraction of sp³-hybridized carbons (Fsp3) is 0.400. The highest BCUT2D eigenvalue weighted by Crippen LogP contribution is 2.19. The van der Waals surface area contributed by atoms with E-state index >= 15 is 0 Å². The van der Waals surface area contributed by atoms with E-state index in [9.17, 15) is 8.42 Å². The highest BCUT2D eigenvalue weighted by molar-refractivity contribution is 7.89. The molecular weight excluding hydrogens is 228 g/mol. The molecule has 1 rings (SSSR count). The Morgan fingerprint density at radius 3 is 2.75 bits per heavy atom. The minimum Gasteiger partial charge on any atom is -0.398 e. The summed E-state index contributed by atoms with van der Waals surface area (Å²) in [4.78, 5) is 0.212. The van der Waals surface area contributed by atoms with Crippen molar-refractivity contribution in [3.63, 3.8) is 0 Å². The third-order valence-corrected chi connectivity index (χ3v) is 3.82. The molecule has 0 unspecified atom stereocenters. The van der Waals surface area contributed by atoms with Gasteiger partial charge in [-0.3, -0.25) is 0 Å². The Balaban J connectivity index is 2.94. The van der Waals surface area contributed by atoms with Gasteiger partial charge in [-0.15, -0.1) is 0 Å². The summed E-state index contributed by atoms with van der Waals surface area (Å²) in [5.74, 6) is 0. The number of anilines is 1. The molecule has 0 aliphatic rings. The number of sulfonamides is 1. The molecule has 0 aliphatic carbocycles. The number of nitrogen functional groups attached to an aromatic ring is 1. The van der Waals surface area contributed by atoms with Crippen molar-refractivity contribution in [2.24, 2.45) is 0 Å². The van der Waals surface area contributed by atoms with Crippen LogP contribution in [0, 0.1) is 6.92 Å². The topological polar surface area (TPSA) is 81.4 Å². The van der Waals surface area contributed by atoms with Crippen molar-refractivity contribution in [2.45, 2.75) is 11.8 Å². The van der Waals surface area contributed by atoms with Gasteiger partial charge in [-0.2, -0.15) is 0 Å². The molecule has 0 aromatic heterocycles. The van der Waals surface area contributed by atoms with Crippen LogP contribution < -0.4 is 10.5 Å². The van der Waals surface area contributed by atoms with E-state index in [1.165, 1.54) is 13.2 Å². The first-order chi connectivity index (χ1) is 7.49. The minimum atomic E-state index is -3.50. The predicted octanol–water partition coefficient (Wildman–Crippen LogP) is 0.502. The molecule has 6 heteroatoms. The predicted molar refractivity (Wildman–Crippen MR) is 62.7 cm³/mol. The van der Waals surface area contributed by atoms with E-state index in [2.05, 4.69) is 4.72 Å². The van der Waals surface area contributed by atoms with Crippen LogP contribution in [0.25, 0.3) is 0 Å². The van der Waals surface area contributed by atoms with Gasteiger partial charge in [0.2, 0.25) is 10.0 Å². The number of methoxy groups -OCH3 is 1. The van der Waals surface area contributed by atoms with E-state index in [1.54, 1.807) is 19.1 Å². The van der Waals surface area contributed by atoms with Gasteiger partial charge in [-0.1, -0.05) is 6.07 Å². The summed E-state index contributed by atoms with van der Waals surface area (Å²) in [6.45, 7) is 2.26. The fourth-order valence-corrected chi connectivity index (χ4v) is 2.56. The lowest BCUT2D eigenvalue weighted by Crippen LogP contribution is -2.27. The lowest BCUT2D eigenvalue weighted by Gasteiger charge is -2.10. The van der Waals surface area contributed by atoms with E-state index in [-0.39, 0.29) is 11.4 Å². The van der Waals surface area contributed by atoms with Gasteiger partial charge >= 0.3 is 0 Å². The van der Waals surface area contributed by atoms with Gasteiger partial charge in [0, 0.05) is 19.3 Å². The smallest absolute Gasteiger partial charge is 0.240 e. The molecule has 5 nitrogen and oxygen atoms in total. The van der Waals surface area contributed by atoms with Crippen molar-refractivity contribution in [1.29, 1.82) is 0 Å². The average Bonchev–Trinajstić information content (AvgIpc) is 2.22. The normalized spacial score (nSPS) is 11.6. The van der Waals surface area contributed by atoms with E-state index in [0.717, 1.165) is 0 Å². The highest BCUT2D eigenvalue weighted by atomic mass is 32.2. The summed E-state index contributed by atoms with van der Waals surface area (Å²) < 4.78 is 30.9. The summed E-state index contributed by atoms with van der Waals surface area (Å²) in [5.41, 5.74) is 6.68. The van der Waals surface area contributed by atoms with Gasteiger partial charge in [-0.05, 0) is 24.6 Å². The molecule has 1 aromatic rings. The van der Waals surface area contributed by atoms with E-state index in [0.29, 0.717) is 17.9 Å². The molecule has 1 aromatic carbocycles. The summed E-state index contributed by atoms with van der Waals surface area (Å²) in [6.07, 6.45) is 0. The SMILES string of the molecule is COCCNS(=O)(=O)c1cccc(N)c1C. The first-order valence-electron chi connectivity index (χ1n) is 4.82. The second kappa shape index (κ2) is 5.29. The van der Waals surface area contributed by atoms with Crippen LogP contribution in [0.15, 0.2) is 23.1 Å². The van der Waals surface area contributed by atoms with Crippen molar-refractivity contribution < 1.29 is 13.2 Å². The molecule has 0 aliphatic heterocycles. The zero-order valence-corrected chi connectivity index (χ0v) is 10.2. The monoisotopic (exact) mass is 244 g/mol. The van der Waals surface area contributed by atoms with Crippen LogP contribution >= 0.6 is 0 Å². The van der Waals surface area contributed by atoms with Crippen LogP contribution in [0.1, 0.15) is 5.56 Å². The molecule has 0 saturated heterocycles. The van der Waals surface area contributed by atoms with Crippen molar-refractivity contribution in [3.05, 3.63) is 23.8 Å². The molecule has 0 saturated carbocycles. The Hall–Kier alpha value is -1.11. The number of hydrogen-bond donors (Lipinski definition) is 2. The number of benzene rings is 1. The number of nitrogens with two attached hydrogens (primary N) is 1. The van der Waals surface area contributed by atoms with Crippen LogP contribution in [0.2, 0.25) is 0 Å². The maximum absolute atomic E-state index is 11.9. The maximum atomic E-state index is 11.9. The second-order valence-electron chi connectivity index (χ2n) is 3.36. The Labute approximate surface area is 95.7 Å². The third-order valence-electron chi connectivity index (χ3n) is 2.21. The van der Waals surface area contributed by atoms with E-state index in [4.69, 9.17) is 10.5 Å². The molecule has 0 bridgehead atoms. The van der Waals surface area contributed by atoms with Gasteiger partial charge in [0.15, 0.2) is 0 Å². The Morgan fingerprint density at radius 1 is 1.44 bits per heavy atom. The van der Waals surface area contributed by atoms with Crippen LogP contribution in [0.3, 0.4) is 0 Å². The van der Waals surface area contributed by atoms with Gasteiger partial charge in [0.05, 0.1) is 11.5 Å². The summed E-state index contributed by atoms with van der Waals surface area (Å²) in [7, 11) is -1.98. The zero-order chi connectivity index (χ0) is 12.2.